The third-order valence-electron chi connectivity index (χ3n) is 10.7. The summed E-state index contributed by atoms with van der Waals surface area (Å²) in [5.41, 5.74) is 8.89. The van der Waals surface area contributed by atoms with Crippen LogP contribution in [0, 0.1) is 0 Å². The van der Waals surface area contributed by atoms with Gasteiger partial charge in [-0.15, -0.1) is 0 Å². The van der Waals surface area contributed by atoms with Crippen LogP contribution in [0.1, 0.15) is 53.9 Å². The monoisotopic (exact) mass is 712 g/mol. The lowest BCUT2D eigenvalue weighted by Crippen LogP contribution is -2.47. The predicted octanol–water partition coefficient (Wildman–Crippen LogP) is 9.03. The number of amides is 1. The number of rotatable bonds is 8. The zero-order chi connectivity index (χ0) is 35.8. The molecule has 8 rings (SSSR count). The number of halogens is 1. The minimum absolute atomic E-state index is 0.0393. The molecule has 2 aliphatic rings. The first kappa shape index (κ1) is 33.9. The van der Waals surface area contributed by atoms with Gasteiger partial charge in [0.25, 0.3) is 0 Å². The zero-order valence-electron chi connectivity index (χ0n) is 29.2. The highest BCUT2D eigenvalue weighted by Crippen LogP contribution is 2.45. The van der Waals surface area contributed by atoms with Crippen molar-refractivity contribution in [1.29, 1.82) is 0 Å². The number of ether oxygens (including phenoxy) is 1. The summed E-state index contributed by atoms with van der Waals surface area (Å²) in [5, 5.41) is 16.0. The van der Waals surface area contributed by atoms with Crippen LogP contribution in [0.4, 0.5) is 0 Å². The van der Waals surface area contributed by atoms with E-state index in [9.17, 15) is 14.7 Å². The first-order valence-electron chi connectivity index (χ1n) is 18.1. The second-order valence-electron chi connectivity index (χ2n) is 13.9. The normalized spacial score (nSPS) is 15.3. The van der Waals surface area contributed by atoms with Gasteiger partial charge in [0, 0.05) is 47.5 Å². The molecule has 1 aliphatic heterocycles. The van der Waals surface area contributed by atoms with Crippen LogP contribution < -0.4 is 10.1 Å². The van der Waals surface area contributed by atoms with Gasteiger partial charge in [0.1, 0.15) is 12.3 Å². The van der Waals surface area contributed by atoms with Crippen molar-refractivity contribution in [2.24, 2.45) is 0 Å². The number of piperazine rings is 1. The van der Waals surface area contributed by atoms with E-state index < -0.39 is 5.97 Å². The van der Waals surface area contributed by atoms with E-state index in [1.807, 2.05) is 53.4 Å². The summed E-state index contributed by atoms with van der Waals surface area (Å²) < 4.78 is 7.70. The number of nitrogens with zero attached hydrogens (tertiary/aromatic N) is 3. The van der Waals surface area contributed by atoms with Crippen molar-refractivity contribution in [1.82, 2.24) is 19.8 Å². The maximum absolute atomic E-state index is 13.9. The molecule has 1 saturated heterocycles. The van der Waals surface area contributed by atoms with Crippen molar-refractivity contribution < 1.29 is 19.4 Å². The van der Waals surface area contributed by atoms with Crippen molar-refractivity contribution in [3.8, 4) is 39.4 Å². The van der Waals surface area contributed by atoms with Gasteiger partial charge in [-0.1, -0.05) is 67.3 Å². The smallest absolute Gasteiger partial charge is 0.335 e. The summed E-state index contributed by atoms with van der Waals surface area (Å²) in [5.74, 6) is 0.117. The number of hydrogen-bond donors (Lipinski definition) is 2. The second kappa shape index (κ2) is 14.4. The second-order valence-corrected chi connectivity index (χ2v) is 14.3. The summed E-state index contributed by atoms with van der Waals surface area (Å²) >= 11 is 6.21. The number of carbonyl (C=O) groups excluding carboxylic acids is 1. The Balaban J connectivity index is 1.28. The molecule has 4 aromatic carbocycles. The molecule has 2 fully saturated rings. The number of aromatic carboxylic acids is 1. The lowest BCUT2D eigenvalue weighted by atomic mass is 9.81. The summed E-state index contributed by atoms with van der Waals surface area (Å²) in [6.45, 7) is 2.97. The van der Waals surface area contributed by atoms with Gasteiger partial charge in [-0.2, -0.15) is 0 Å². The van der Waals surface area contributed by atoms with Crippen LogP contribution >= 0.6 is 11.6 Å². The maximum Gasteiger partial charge on any atom is 0.335 e. The molecule has 0 unspecified atom stereocenters. The van der Waals surface area contributed by atoms with Gasteiger partial charge in [-0.05, 0) is 95.6 Å². The molecule has 0 radical (unpaired) electrons. The summed E-state index contributed by atoms with van der Waals surface area (Å²) in [4.78, 5) is 33.2. The SMILES string of the molecule is COc1ccc(-c2ccc(Cl)cc2)c(-c2ccc3cc(-c4c(C5CCCCC5)c5ccc(C(=O)O)cc5n4CC(=O)N4CCNCC4)ccc3n2)c1. The van der Waals surface area contributed by atoms with Gasteiger partial charge in [0.2, 0.25) is 5.91 Å². The molecular formula is C43H41ClN4O4. The molecule has 52 heavy (non-hydrogen) atoms. The standard InChI is InChI=1S/C43H41ClN4O4/c1-52-33-14-16-34(27-7-12-32(44)13-8-27)36(25-33)38-18-10-29-23-30(11-17-37(29)46-38)42-41(28-5-3-2-4-6-28)35-15-9-31(43(50)51)24-39(35)48(42)26-40(49)47-21-19-45-20-22-47/h7-18,23-25,28,45H,2-6,19-22,26H2,1H3,(H,50,51). The molecule has 8 nitrogen and oxygen atoms in total. The van der Waals surface area contributed by atoms with Crippen LogP contribution in [0.3, 0.4) is 0 Å². The summed E-state index contributed by atoms with van der Waals surface area (Å²) in [6.07, 6.45) is 5.64. The van der Waals surface area contributed by atoms with E-state index in [4.69, 9.17) is 21.3 Å². The van der Waals surface area contributed by atoms with E-state index in [-0.39, 0.29) is 18.0 Å². The molecule has 1 aliphatic carbocycles. The molecule has 6 aromatic rings. The molecule has 2 N–H and O–H groups in total. The van der Waals surface area contributed by atoms with Gasteiger partial charge in [-0.3, -0.25) is 4.79 Å². The van der Waals surface area contributed by atoms with Crippen LogP contribution in [0.2, 0.25) is 5.02 Å². The van der Waals surface area contributed by atoms with Gasteiger partial charge in [0.15, 0.2) is 0 Å². The Kier molecular flexibility index (Phi) is 9.43. The molecule has 3 heterocycles. The van der Waals surface area contributed by atoms with Crippen LogP contribution in [0.25, 0.3) is 55.4 Å². The molecule has 0 bridgehead atoms. The van der Waals surface area contributed by atoms with Gasteiger partial charge in [0.05, 0.1) is 35.1 Å². The number of fused-ring (bicyclic) bond motifs is 2. The van der Waals surface area contributed by atoms with E-state index in [2.05, 4.69) is 40.2 Å². The number of carbonyl (C=O) groups is 2. The molecule has 264 valence electrons. The highest BCUT2D eigenvalue weighted by atomic mass is 35.5. The van der Waals surface area contributed by atoms with E-state index in [1.165, 1.54) is 12.0 Å². The number of nitrogens with one attached hydrogen (secondary N) is 1. The first-order chi connectivity index (χ1) is 25.4. The van der Waals surface area contributed by atoms with E-state index in [1.54, 1.807) is 19.2 Å². The molecule has 2 aromatic heterocycles. The average Bonchev–Trinajstić information content (AvgIpc) is 3.51. The quantitative estimate of drug-likeness (QED) is 0.164. The number of pyridine rings is 1. The largest absolute Gasteiger partial charge is 0.497 e. The Morgan fingerprint density at radius 2 is 1.63 bits per heavy atom. The van der Waals surface area contributed by atoms with Crippen LogP contribution in [-0.4, -0.2) is 64.7 Å². The van der Waals surface area contributed by atoms with Crippen molar-refractivity contribution >= 4 is 45.3 Å². The Bertz CT molecular complexity index is 2300. The Morgan fingerprint density at radius 1 is 0.865 bits per heavy atom. The third kappa shape index (κ3) is 6.53. The van der Waals surface area contributed by atoms with E-state index >= 15 is 0 Å². The molecule has 0 atom stereocenters. The summed E-state index contributed by atoms with van der Waals surface area (Å²) in [6, 6.07) is 29.7. The Morgan fingerprint density at radius 3 is 2.38 bits per heavy atom. The van der Waals surface area contributed by atoms with Crippen molar-refractivity contribution in [3.05, 3.63) is 107 Å². The molecule has 9 heteroatoms. The van der Waals surface area contributed by atoms with Crippen LogP contribution in [0.15, 0.2) is 91.0 Å². The van der Waals surface area contributed by atoms with Gasteiger partial charge < -0.3 is 24.6 Å². The number of methoxy groups -OCH3 is 1. The summed E-state index contributed by atoms with van der Waals surface area (Å²) in [7, 11) is 1.66. The van der Waals surface area contributed by atoms with Crippen LogP contribution in [-0.2, 0) is 11.3 Å². The van der Waals surface area contributed by atoms with Gasteiger partial charge >= 0.3 is 5.97 Å². The third-order valence-corrected chi connectivity index (χ3v) is 11.0. The molecule has 1 saturated carbocycles. The van der Waals surface area contributed by atoms with E-state index in [0.29, 0.717) is 24.0 Å². The maximum atomic E-state index is 13.9. The first-order valence-corrected chi connectivity index (χ1v) is 18.5. The fourth-order valence-electron chi connectivity index (χ4n) is 8.11. The predicted molar refractivity (Wildman–Crippen MR) is 207 cm³/mol. The Hall–Kier alpha value is -5.18. The number of carboxylic acid groups (broad SMARTS) is 1. The van der Waals surface area contributed by atoms with Crippen LogP contribution in [0.5, 0.6) is 5.75 Å². The number of benzene rings is 4. The van der Waals surface area contributed by atoms with Crippen molar-refractivity contribution in [3.63, 3.8) is 0 Å². The lowest BCUT2D eigenvalue weighted by Gasteiger charge is -2.28. The van der Waals surface area contributed by atoms with Crippen molar-refractivity contribution in [2.45, 2.75) is 44.6 Å². The number of aromatic nitrogens is 2. The fourth-order valence-corrected chi connectivity index (χ4v) is 8.23. The molecule has 0 spiro atoms. The van der Waals surface area contributed by atoms with Crippen molar-refractivity contribution in [2.75, 3.05) is 33.3 Å². The fraction of sp³-hybridized carbons (Fsp3) is 0.279. The lowest BCUT2D eigenvalue weighted by molar-refractivity contribution is -0.132. The highest BCUT2D eigenvalue weighted by Gasteiger charge is 2.29. The van der Waals surface area contributed by atoms with E-state index in [0.717, 1.165) is 100.0 Å². The zero-order valence-corrected chi connectivity index (χ0v) is 30.0. The Labute approximate surface area is 308 Å². The molecular weight excluding hydrogens is 672 g/mol. The average molecular weight is 713 g/mol. The topological polar surface area (TPSA) is 96.7 Å². The number of carboxylic acids is 1. The number of hydrogen-bond acceptors (Lipinski definition) is 5. The molecule has 1 amide bonds. The van der Waals surface area contributed by atoms with Gasteiger partial charge in [-0.25, -0.2) is 9.78 Å². The minimum atomic E-state index is -0.980. The highest BCUT2D eigenvalue weighted by molar-refractivity contribution is 6.30. The minimum Gasteiger partial charge on any atom is -0.497 e.